The largest absolute Gasteiger partial charge is 0.394 e. The molecule has 1 N–H and O–H groups in total. The van der Waals surface area contributed by atoms with E-state index in [-0.39, 0.29) is 12.7 Å². The van der Waals surface area contributed by atoms with E-state index in [1.54, 1.807) is 0 Å². The van der Waals surface area contributed by atoms with Gasteiger partial charge >= 0.3 is 0 Å². The van der Waals surface area contributed by atoms with Gasteiger partial charge in [0.15, 0.2) is 0 Å². The van der Waals surface area contributed by atoms with Crippen molar-refractivity contribution in [3.63, 3.8) is 0 Å². The minimum absolute atomic E-state index is 0.0395. The highest BCUT2D eigenvalue weighted by molar-refractivity contribution is 7.99. The molecule has 28 heavy (non-hydrogen) atoms. The van der Waals surface area contributed by atoms with Gasteiger partial charge in [-0.15, -0.1) is 0 Å². The van der Waals surface area contributed by atoms with Gasteiger partial charge in [0.05, 0.1) is 12.7 Å². The van der Waals surface area contributed by atoms with E-state index in [0.717, 1.165) is 18.8 Å². The van der Waals surface area contributed by atoms with Crippen LogP contribution in [-0.2, 0) is 4.74 Å². The third-order valence-electron chi connectivity index (χ3n) is 5.50. The van der Waals surface area contributed by atoms with Crippen molar-refractivity contribution >= 4 is 11.8 Å². The Morgan fingerprint density at radius 1 is 0.607 bits per heavy atom. The summed E-state index contributed by atoms with van der Waals surface area (Å²) in [5, 5.41) is 9.49. The minimum Gasteiger partial charge on any atom is -0.394 e. The van der Waals surface area contributed by atoms with Crippen LogP contribution in [0.2, 0.25) is 0 Å². The normalized spacial score (nSPS) is 12.5. The van der Waals surface area contributed by atoms with Gasteiger partial charge in [-0.1, -0.05) is 117 Å². The second-order valence-corrected chi connectivity index (χ2v) is 9.56. The quantitative estimate of drug-likeness (QED) is 0.161. The summed E-state index contributed by atoms with van der Waals surface area (Å²) in [5.41, 5.74) is 0. The van der Waals surface area contributed by atoms with Gasteiger partial charge < -0.3 is 9.84 Å². The molecule has 0 radical (unpaired) electrons. The number of hydrogen-bond donors (Lipinski definition) is 1. The smallest absolute Gasteiger partial charge is 0.0895 e. The molecule has 0 spiro atoms. The van der Waals surface area contributed by atoms with Gasteiger partial charge in [0.25, 0.3) is 0 Å². The monoisotopic (exact) mass is 416 g/mol. The van der Waals surface area contributed by atoms with Crippen molar-refractivity contribution in [3.8, 4) is 0 Å². The highest BCUT2D eigenvalue weighted by atomic mass is 32.2. The lowest BCUT2D eigenvalue weighted by Gasteiger charge is -2.15. The van der Waals surface area contributed by atoms with Crippen molar-refractivity contribution in [3.05, 3.63) is 0 Å². The summed E-state index contributed by atoms with van der Waals surface area (Å²) in [5.74, 6) is 2.17. The molecule has 0 saturated carbocycles. The van der Waals surface area contributed by atoms with E-state index < -0.39 is 0 Å². The second-order valence-electron chi connectivity index (χ2n) is 8.41. The number of rotatable bonds is 24. The van der Waals surface area contributed by atoms with Crippen LogP contribution < -0.4 is 0 Å². The Bertz CT molecular complexity index is 273. The number of hydrogen-bond acceptors (Lipinski definition) is 3. The molecule has 0 aliphatic rings. The highest BCUT2D eigenvalue weighted by Crippen LogP contribution is 2.14. The zero-order valence-electron chi connectivity index (χ0n) is 19.4. The molecular formula is C25H52O2S. The van der Waals surface area contributed by atoms with Crippen molar-refractivity contribution in [2.24, 2.45) is 0 Å². The molecule has 170 valence electrons. The van der Waals surface area contributed by atoms with E-state index in [1.165, 1.54) is 115 Å². The predicted octanol–water partition coefficient (Wildman–Crippen LogP) is 8.16. The SMILES string of the molecule is CCCCCCCCCCCOC(CO)CSCCCCCCCCCCC. The first-order valence-electron chi connectivity index (χ1n) is 12.6. The molecule has 0 heterocycles. The average Bonchev–Trinajstić information content (AvgIpc) is 2.71. The van der Waals surface area contributed by atoms with E-state index in [2.05, 4.69) is 13.8 Å². The van der Waals surface area contributed by atoms with Crippen LogP contribution in [-0.4, -0.2) is 35.9 Å². The van der Waals surface area contributed by atoms with Crippen LogP contribution in [0.1, 0.15) is 129 Å². The summed E-state index contributed by atoms with van der Waals surface area (Å²) in [7, 11) is 0. The van der Waals surface area contributed by atoms with E-state index in [0.29, 0.717) is 0 Å². The fourth-order valence-electron chi connectivity index (χ4n) is 3.55. The number of unbranched alkanes of at least 4 members (excludes halogenated alkanes) is 16. The fraction of sp³-hybridized carbons (Fsp3) is 1.00. The third-order valence-corrected chi connectivity index (χ3v) is 6.69. The number of aliphatic hydroxyl groups is 1. The Balaban J connectivity index is 3.27. The van der Waals surface area contributed by atoms with Crippen molar-refractivity contribution in [1.82, 2.24) is 0 Å². The van der Waals surface area contributed by atoms with Crippen LogP contribution in [0, 0.1) is 0 Å². The molecule has 0 aromatic carbocycles. The summed E-state index contributed by atoms with van der Waals surface area (Å²) in [6.07, 6.45) is 24.6. The summed E-state index contributed by atoms with van der Waals surface area (Å²) in [4.78, 5) is 0. The van der Waals surface area contributed by atoms with Crippen LogP contribution in [0.5, 0.6) is 0 Å². The molecule has 1 atom stereocenters. The molecule has 0 aromatic heterocycles. The number of thioether (sulfide) groups is 1. The first-order valence-corrected chi connectivity index (χ1v) is 13.8. The molecule has 0 aromatic rings. The van der Waals surface area contributed by atoms with E-state index in [9.17, 15) is 5.11 Å². The molecule has 0 rings (SSSR count). The predicted molar refractivity (Wildman–Crippen MR) is 129 cm³/mol. The summed E-state index contributed by atoms with van der Waals surface area (Å²) in [6, 6.07) is 0. The van der Waals surface area contributed by atoms with Gasteiger partial charge in [0, 0.05) is 12.4 Å². The summed E-state index contributed by atoms with van der Waals surface area (Å²) in [6.45, 7) is 5.54. The Labute approximate surface area is 182 Å². The topological polar surface area (TPSA) is 29.5 Å². The standard InChI is InChI=1S/C25H52O2S/c1-3-5-7-9-11-13-15-17-19-21-27-25(23-26)24-28-22-20-18-16-14-12-10-8-6-4-2/h25-26H,3-24H2,1-2H3. The van der Waals surface area contributed by atoms with Crippen LogP contribution in [0.15, 0.2) is 0 Å². The van der Waals surface area contributed by atoms with Crippen LogP contribution >= 0.6 is 11.8 Å². The lowest BCUT2D eigenvalue weighted by molar-refractivity contribution is 0.0260. The molecular weight excluding hydrogens is 364 g/mol. The lowest BCUT2D eigenvalue weighted by Crippen LogP contribution is -2.21. The molecule has 0 aliphatic carbocycles. The first-order chi connectivity index (χ1) is 13.8. The van der Waals surface area contributed by atoms with Gasteiger partial charge in [0.2, 0.25) is 0 Å². The molecule has 0 bridgehead atoms. The second kappa shape index (κ2) is 25.3. The van der Waals surface area contributed by atoms with Gasteiger partial charge in [-0.25, -0.2) is 0 Å². The molecule has 0 saturated heterocycles. The van der Waals surface area contributed by atoms with Gasteiger partial charge in [-0.3, -0.25) is 0 Å². The van der Waals surface area contributed by atoms with E-state index >= 15 is 0 Å². The van der Waals surface area contributed by atoms with Gasteiger partial charge in [-0.05, 0) is 18.6 Å². The van der Waals surface area contributed by atoms with Gasteiger partial charge in [0.1, 0.15) is 0 Å². The van der Waals surface area contributed by atoms with Crippen molar-refractivity contribution in [2.45, 2.75) is 136 Å². The Morgan fingerprint density at radius 3 is 1.50 bits per heavy atom. The maximum atomic E-state index is 9.49. The molecule has 1 unspecified atom stereocenters. The zero-order chi connectivity index (χ0) is 20.5. The molecule has 2 nitrogen and oxygen atoms in total. The van der Waals surface area contributed by atoms with E-state index in [1.807, 2.05) is 11.8 Å². The average molecular weight is 417 g/mol. The zero-order valence-corrected chi connectivity index (χ0v) is 20.2. The Hall–Kier alpha value is 0.270. The first kappa shape index (κ1) is 28.3. The van der Waals surface area contributed by atoms with Crippen LogP contribution in [0.25, 0.3) is 0 Å². The van der Waals surface area contributed by atoms with Gasteiger partial charge in [-0.2, -0.15) is 11.8 Å². The Morgan fingerprint density at radius 2 is 1.04 bits per heavy atom. The molecule has 0 fully saturated rings. The van der Waals surface area contributed by atoms with Crippen molar-refractivity contribution in [1.29, 1.82) is 0 Å². The Kier molecular flexibility index (Phi) is 25.6. The fourth-order valence-corrected chi connectivity index (χ4v) is 4.59. The van der Waals surface area contributed by atoms with Crippen molar-refractivity contribution in [2.75, 3.05) is 24.7 Å². The summed E-state index contributed by atoms with van der Waals surface area (Å²) < 4.78 is 5.87. The minimum atomic E-state index is 0.0395. The van der Waals surface area contributed by atoms with E-state index in [4.69, 9.17) is 4.74 Å². The molecule has 0 amide bonds. The third kappa shape index (κ3) is 22.6. The number of aliphatic hydroxyl groups excluding tert-OH is 1. The number of ether oxygens (including phenoxy) is 1. The van der Waals surface area contributed by atoms with Crippen molar-refractivity contribution < 1.29 is 9.84 Å². The van der Waals surface area contributed by atoms with Crippen LogP contribution in [0.3, 0.4) is 0 Å². The highest BCUT2D eigenvalue weighted by Gasteiger charge is 2.07. The lowest BCUT2D eigenvalue weighted by atomic mass is 10.1. The maximum absolute atomic E-state index is 9.49. The summed E-state index contributed by atoms with van der Waals surface area (Å²) >= 11 is 1.96. The molecule has 3 heteroatoms. The maximum Gasteiger partial charge on any atom is 0.0895 e. The van der Waals surface area contributed by atoms with Crippen LogP contribution in [0.4, 0.5) is 0 Å². The molecule has 0 aliphatic heterocycles.